The molecule has 0 saturated carbocycles. The molecular weight excluding hydrogens is 826 g/mol. The molecule has 3 unspecified atom stereocenters. The predicted octanol–water partition coefficient (Wildman–Crippen LogP) is 16.1. The molecule has 0 aromatic heterocycles. The van der Waals surface area contributed by atoms with E-state index in [0.717, 1.165) is 38.5 Å². The standard InChI is InChI=1S/C53H104NO9P/c1-3-5-7-9-11-13-15-17-19-21-23-25-27-29-31-33-35-37-39-41-43-45-52(55)63-50(48-61-64(58,59)62-49-51(54)53(56)57)47-60-46-44-42-40-38-36-34-32-30-28-26-24-22-20-18-16-14-12-10-8-6-4-2/h21,23,50-51H,3-20,22,24-49,54H2,1-2H3,(H,56,57)(H,58,59)/b23-21-. The Morgan fingerprint density at radius 2 is 0.812 bits per heavy atom. The summed E-state index contributed by atoms with van der Waals surface area (Å²) >= 11 is 0. The van der Waals surface area contributed by atoms with Crippen LogP contribution in [-0.4, -0.2) is 60.5 Å². The third-order valence-electron chi connectivity index (χ3n) is 12.3. The number of nitrogens with two attached hydrogens (primary N) is 1. The first-order valence-corrected chi connectivity index (χ1v) is 28.7. The number of hydrogen-bond acceptors (Lipinski definition) is 8. The number of allylic oxidation sites excluding steroid dienone is 2. The van der Waals surface area contributed by atoms with E-state index in [4.69, 9.17) is 29.4 Å². The van der Waals surface area contributed by atoms with Crippen LogP contribution in [0.4, 0.5) is 0 Å². The number of phosphoric acid groups is 1. The Morgan fingerprint density at radius 1 is 0.484 bits per heavy atom. The Balaban J connectivity index is 4.07. The maximum Gasteiger partial charge on any atom is 0.472 e. The summed E-state index contributed by atoms with van der Waals surface area (Å²) in [7, 11) is -4.62. The molecule has 0 spiro atoms. The second-order valence-corrected chi connectivity index (χ2v) is 20.2. The lowest BCUT2D eigenvalue weighted by atomic mass is 10.0. The molecule has 0 amide bonds. The molecule has 0 aromatic rings. The van der Waals surface area contributed by atoms with Gasteiger partial charge < -0.3 is 25.2 Å². The number of ether oxygens (including phenoxy) is 2. The van der Waals surface area contributed by atoms with Gasteiger partial charge in [-0.2, -0.15) is 0 Å². The Bertz CT molecular complexity index is 1080. The van der Waals surface area contributed by atoms with E-state index in [1.165, 1.54) is 212 Å². The number of carbonyl (C=O) groups excluding carboxylic acids is 1. The van der Waals surface area contributed by atoms with Crippen LogP contribution in [0.5, 0.6) is 0 Å². The molecule has 0 aliphatic carbocycles. The van der Waals surface area contributed by atoms with Gasteiger partial charge in [0, 0.05) is 13.0 Å². The SMILES string of the molecule is CCCCCCCCCC/C=C\CCCCCCCCCCCC(=O)OC(COCCCCCCCCCCCCCCCCCCCCCCC)COP(=O)(O)OCC(N)C(=O)O. The summed E-state index contributed by atoms with van der Waals surface area (Å²) in [4.78, 5) is 33.7. The maximum absolute atomic E-state index is 12.7. The number of rotatable bonds is 53. The van der Waals surface area contributed by atoms with E-state index < -0.39 is 45.1 Å². The molecule has 64 heavy (non-hydrogen) atoms. The van der Waals surface area contributed by atoms with Crippen molar-refractivity contribution in [1.82, 2.24) is 0 Å². The molecule has 380 valence electrons. The van der Waals surface area contributed by atoms with E-state index in [1.807, 2.05) is 0 Å². The molecule has 3 atom stereocenters. The van der Waals surface area contributed by atoms with Gasteiger partial charge in [-0.25, -0.2) is 4.57 Å². The van der Waals surface area contributed by atoms with Crippen LogP contribution in [0.1, 0.15) is 277 Å². The highest BCUT2D eigenvalue weighted by Crippen LogP contribution is 2.43. The van der Waals surface area contributed by atoms with Crippen molar-refractivity contribution in [3.8, 4) is 0 Å². The largest absolute Gasteiger partial charge is 0.480 e. The highest BCUT2D eigenvalue weighted by molar-refractivity contribution is 7.47. The molecular formula is C53H104NO9P. The van der Waals surface area contributed by atoms with Crippen LogP contribution in [0.2, 0.25) is 0 Å². The smallest absolute Gasteiger partial charge is 0.472 e. The van der Waals surface area contributed by atoms with Crippen LogP contribution in [0.15, 0.2) is 12.2 Å². The molecule has 0 rings (SSSR count). The summed E-state index contributed by atoms with van der Waals surface area (Å²) in [5.74, 6) is -1.77. The zero-order valence-corrected chi connectivity index (χ0v) is 42.8. The maximum atomic E-state index is 12.7. The average molecular weight is 930 g/mol. The quantitative estimate of drug-likeness (QED) is 0.0232. The van der Waals surface area contributed by atoms with Crippen LogP contribution < -0.4 is 5.73 Å². The minimum atomic E-state index is -4.62. The van der Waals surface area contributed by atoms with Crippen molar-refractivity contribution in [3.63, 3.8) is 0 Å². The van der Waals surface area contributed by atoms with Crippen molar-refractivity contribution in [2.75, 3.05) is 26.4 Å². The van der Waals surface area contributed by atoms with Gasteiger partial charge in [-0.15, -0.1) is 0 Å². The fourth-order valence-electron chi connectivity index (χ4n) is 8.07. The van der Waals surface area contributed by atoms with Gasteiger partial charge in [0.1, 0.15) is 12.1 Å². The molecule has 11 heteroatoms. The van der Waals surface area contributed by atoms with Crippen LogP contribution in [0.25, 0.3) is 0 Å². The molecule has 0 saturated heterocycles. The number of carbonyl (C=O) groups is 2. The molecule has 0 radical (unpaired) electrons. The minimum Gasteiger partial charge on any atom is -0.480 e. The third kappa shape index (κ3) is 48.6. The van der Waals surface area contributed by atoms with Crippen molar-refractivity contribution < 1.29 is 42.7 Å². The van der Waals surface area contributed by atoms with Crippen LogP contribution >= 0.6 is 7.82 Å². The highest BCUT2D eigenvalue weighted by Gasteiger charge is 2.27. The van der Waals surface area contributed by atoms with Gasteiger partial charge >= 0.3 is 19.8 Å². The van der Waals surface area contributed by atoms with Gasteiger partial charge in [0.15, 0.2) is 0 Å². The summed E-state index contributed by atoms with van der Waals surface area (Å²) in [6, 6.07) is -1.47. The van der Waals surface area contributed by atoms with E-state index in [9.17, 15) is 19.0 Å². The first-order valence-electron chi connectivity index (χ1n) is 27.2. The minimum absolute atomic E-state index is 0.0230. The first-order chi connectivity index (χ1) is 31.2. The molecule has 4 N–H and O–H groups in total. The van der Waals surface area contributed by atoms with Crippen molar-refractivity contribution in [2.24, 2.45) is 5.73 Å². The van der Waals surface area contributed by atoms with Gasteiger partial charge in [-0.05, 0) is 38.5 Å². The van der Waals surface area contributed by atoms with Crippen molar-refractivity contribution in [3.05, 3.63) is 12.2 Å². The van der Waals surface area contributed by atoms with Crippen molar-refractivity contribution in [1.29, 1.82) is 0 Å². The lowest BCUT2D eigenvalue weighted by molar-refractivity contribution is -0.154. The second-order valence-electron chi connectivity index (χ2n) is 18.7. The molecule has 0 heterocycles. The number of carboxylic acid groups (broad SMARTS) is 1. The molecule has 0 aromatic carbocycles. The highest BCUT2D eigenvalue weighted by atomic mass is 31.2. The van der Waals surface area contributed by atoms with E-state index in [0.29, 0.717) is 13.0 Å². The molecule has 0 aliphatic heterocycles. The zero-order valence-electron chi connectivity index (χ0n) is 41.9. The number of aliphatic carboxylic acids is 1. The van der Waals surface area contributed by atoms with Crippen molar-refractivity contribution in [2.45, 2.75) is 289 Å². The summed E-state index contributed by atoms with van der Waals surface area (Å²) < 4.78 is 33.6. The Morgan fingerprint density at radius 3 is 1.19 bits per heavy atom. The van der Waals surface area contributed by atoms with Gasteiger partial charge in [0.25, 0.3) is 0 Å². The number of unbranched alkanes of at least 4 members (excludes halogenated alkanes) is 37. The van der Waals surface area contributed by atoms with E-state index >= 15 is 0 Å². The molecule has 10 nitrogen and oxygen atoms in total. The topological polar surface area (TPSA) is 155 Å². The fraction of sp³-hybridized carbons (Fsp3) is 0.925. The molecule has 0 bridgehead atoms. The van der Waals surface area contributed by atoms with Gasteiger partial charge in [0.2, 0.25) is 0 Å². The number of phosphoric ester groups is 1. The van der Waals surface area contributed by atoms with E-state index in [2.05, 4.69) is 26.0 Å². The van der Waals surface area contributed by atoms with E-state index in [1.54, 1.807) is 0 Å². The van der Waals surface area contributed by atoms with Gasteiger partial charge in [-0.1, -0.05) is 244 Å². The fourth-order valence-corrected chi connectivity index (χ4v) is 8.85. The van der Waals surface area contributed by atoms with Gasteiger partial charge in [0.05, 0.1) is 19.8 Å². The number of carboxylic acids is 1. The Kier molecular flexibility index (Phi) is 48.6. The lowest BCUT2D eigenvalue weighted by Crippen LogP contribution is -2.34. The van der Waals surface area contributed by atoms with Crippen molar-refractivity contribution >= 4 is 19.8 Å². The van der Waals surface area contributed by atoms with Crippen LogP contribution in [-0.2, 0) is 32.7 Å². The Labute approximate surface area is 394 Å². The first kappa shape index (κ1) is 62.7. The monoisotopic (exact) mass is 930 g/mol. The van der Waals surface area contributed by atoms with Crippen LogP contribution in [0, 0.1) is 0 Å². The average Bonchev–Trinajstić information content (AvgIpc) is 3.28. The zero-order chi connectivity index (χ0) is 46.9. The van der Waals surface area contributed by atoms with E-state index in [-0.39, 0.29) is 13.0 Å². The van der Waals surface area contributed by atoms with Crippen LogP contribution in [0.3, 0.4) is 0 Å². The summed E-state index contributed by atoms with van der Waals surface area (Å²) in [6.07, 6.45) is 55.6. The predicted molar refractivity (Wildman–Crippen MR) is 268 cm³/mol. The Hall–Kier alpha value is -1.29. The molecule has 0 aliphatic rings. The molecule has 0 fully saturated rings. The number of esters is 1. The summed E-state index contributed by atoms with van der Waals surface area (Å²) in [5, 5.41) is 8.94. The summed E-state index contributed by atoms with van der Waals surface area (Å²) in [6.45, 7) is 3.95. The number of hydrogen-bond donors (Lipinski definition) is 3. The third-order valence-corrected chi connectivity index (χ3v) is 13.2. The summed E-state index contributed by atoms with van der Waals surface area (Å²) in [5.41, 5.74) is 5.38. The van der Waals surface area contributed by atoms with Gasteiger partial charge in [-0.3, -0.25) is 18.6 Å². The lowest BCUT2D eigenvalue weighted by Gasteiger charge is -2.20. The second kappa shape index (κ2) is 49.6. The normalized spacial score (nSPS) is 13.7.